The van der Waals surface area contributed by atoms with Gasteiger partial charge in [-0.25, -0.2) is 0 Å². The predicted molar refractivity (Wildman–Crippen MR) is 77.9 cm³/mol. The Balaban J connectivity index is 1.89. The average molecular weight is 284 g/mol. The minimum Gasteiger partial charge on any atom is -0.480 e. The van der Waals surface area contributed by atoms with E-state index in [1.807, 2.05) is 0 Å². The van der Waals surface area contributed by atoms with Gasteiger partial charge in [-0.15, -0.1) is 0 Å². The number of hydrogen-bond acceptors (Lipinski definition) is 4. The Labute approximate surface area is 121 Å². The van der Waals surface area contributed by atoms with Gasteiger partial charge >= 0.3 is 5.97 Å². The zero-order chi connectivity index (χ0) is 14.6. The molecule has 0 bridgehead atoms. The summed E-state index contributed by atoms with van der Waals surface area (Å²) in [5.74, 6) is -0.392. The molecule has 2 aliphatic rings. The molecular formula is C15H28N2O3. The Bertz CT molecular complexity index is 333. The van der Waals surface area contributed by atoms with Crippen molar-refractivity contribution >= 4 is 5.97 Å². The van der Waals surface area contributed by atoms with Gasteiger partial charge in [0.05, 0.1) is 6.61 Å². The van der Waals surface area contributed by atoms with Gasteiger partial charge in [-0.05, 0) is 51.6 Å². The molecule has 0 saturated heterocycles. The number of rotatable bonds is 9. The van der Waals surface area contributed by atoms with Crippen LogP contribution in [-0.2, 0) is 9.53 Å². The highest BCUT2D eigenvalue weighted by Crippen LogP contribution is 2.40. The quantitative estimate of drug-likeness (QED) is 0.669. The van der Waals surface area contributed by atoms with Crippen molar-refractivity contribution in [3.05, 3.63) is 0 Å². The van der Waals surface area contributed by atoms with Crippen LogP contribution in [0.3, 0.4) is 0 Å². The van der Waals surface area contributed by atoms with Crippen molar-refractivity contribution in [2.45, 2.75) is 50.1 Å². The van der Waals surface area contributed by atoms with Gasteiger partial charge in [0.1, 0.15) is 5.54 Å². The largest absolute Gasteiger partial charge is 0.480 e. The van der Waals surface area contributed by atoms with E-state index in [0.29, 0.717) is 6.04 Å². The van der Waals surface area contributed by atoms with Gasteiger partial charge in [-0.1, -0.05) is 6.42 Å². The standard InChI is InChI=1S/C15H28N2O3/c1-17(10-11-20-2)9-7-12-4-3-8-15(12,14(18)19)16-13-5-6-13/h12-13,16H,3-11H2,1-2H3,(H,18,19). The Hall–Kier alpha value is -0.650. The molecule has 20 heavy (non-hydrogen) atoms. The summed E-state index contributed by atoms with van der Waals surface area (Å²) in [4.78, 5) is 14.0. The lowest BCUT2D eigenvalue weighted by atomic mass is 9.84. The lowest BCUT2D eigenvalue weighted by molar-refractivity contribution is -0.147. The highest BCUT2D eigenvalue weighted by atomic mass is 16.5. The van der Waals surface area contributed by atoms with Crippen molar-refractivity contribution in [2.75, 3.05) is 33.9 Å². The van der Waals surface area contributed by atoms with Gasteiger partial charge in [-0.2, -0.15) is 0 Å². The van der Waals surface area contributed by atoms with Crippen LogP contribution in [0.5, 0.6) is 0 Å². The molecule has 0 spiro atoms. The summed E-state index contributed by atoms with van der Waals surface area (Å²) in [6.07, 6.45) is 6.06. The molecule has 0 aromatic heterocycles. The van der Waals surface area contributed by atoms with Crippen LogP contribution < -0.4 is 5.32 Å². The van der Waals surface area contributed by atoms with Crippen LogP contribution in [0.25, 0.3) is 0 Å². The Morgan fingerprint density at radius 1 is 1.40 bits per heavy atom. The summed E-state index contributed by atoms with van der Waals surface area (Å²) in [6.45, 7) is 2.57. The molecule has 0 heterocycles. The Morgan fingerprint density at radius 3 is 2.75 bits per heavy atom. The highest BCUT2D eigenvalue weighted by molar-refractivity contribution is 5.80. The number of carbonyl (C=O) groups is 1. The van der Waals surface area contributed by atoms with Crippen LogP contribution in [0, 0.1) is 5.92 Å². The third-order valence-corrected chi connectivity index (χ3v) is 4.78. The molecule has 0 aliphatic heterocycles. The lowest BCUT2D eigenvalue weighted by Gasteiger charge is -2.33. The van der Waals surface area contributed by atoms with Gasteiger partial charge < -0.3 is 14.7 Å². The molecular weight excluding hydrogens is 256 g/mol. The molecule has 5 heteroatoms. The molecule has 116 valence electrons. The number of ether oxygens (including phenoxy) is 1. The van der Waals surface area contributed by atoms with Gasteiger partial charge in [0.25, 0.3) is 0 Å². The van der Waals surface area contributed by atoms with Crippen LogP contribution in [0.4, 0.5) is 0 Å². The van der Waals surface area contributed by atoms with E-state index in [0.717, 1.165) is 58.2 Å². The van der Waals surface area contributed by atoms with Gasteiger partial charge in [0.2, 0.25) is 0 Å². The van der Waals surface area contributed by atoms with E-state index in [1.54, 1.807) is 7.11 Å². The SMILES string of the molecule is COCCN(C)CCC1CCCC1(NC1CC1)C(=O)O. The molecule has 2 saturated carbocycles. The molecule has 2 fully saturated rings. The summed E-state index contributed by atoms with van der Waals surface area (Å²) in [5, 5.41) is 13.2. The first-order valence-corrected chi connectivity index (χ1v) is 7.77. The second-order valence-electron chi connectivity index (χ2n) is 6.37. The minimum absolute atomic E-state index is 0.255. The summed E-state index contributed by atoms with van der Waals surface area (Å²) in [5.41, 5.74) is -0.663. The molecule has 0 aromatic carbocycles. The van der Waals surface area contributed by atoms with E-state index in [1.165, 1.54) is 0 Å². The van der Waals surface area contributed by atoms with Crippen molar-refractivity contribution in [1.82, 2.24) is 10.2 Å². The first kappa shape index (κ1) is 15.7. The molecule has 2 atom stereocenters. The Morgan fingerprint density at radius 2 is 2.15 bits per heavy atom. The molecule has 0 radical (unpaired) electrons. The van der Waals surface area contributed by atoms with Crippen LogP contribution >= 0.6 is 0 Å². The molecule has 2 aliphatic carbocycles. The molecule has 0 amide bonds. The topological polar surface area (TPSA) is 61.8 Å². The van der Waals surface area contributed by atoms with Crippen molar-refractivity contribution in [3.8, 4) is 0 Å². The molecule has 2 N–H and O–H groups in total. The highest BCUT2D eigenvalue weighted by Gasteiger charge is 2.50. The first-order chi connectivity index (χ1) is 9.58. The third-order valence-electron chi connectivity index (χ3n) is 4.78. The number of carboxylic acid groups (broad SMARTS) is 1. The number of methoxy groups -OCH3 is 1. The van der Waals surface area contributed by atoms with Crippen molar-refractivity contribution in [2.24, 2.45) is 5.92 Å². The lowest BCUT2D eigenvalue weighted by Crippen LogP contribution is -2.56. The number of hydrogen-bond donors (Lipinski definition) is 2. The average Bonchev–Trinajstić information content (AvgIpc) is 3.12. The third kappa shape index (κ3) is 3.71. The minimum atomic E-state index is -0.663. The second kappa shape index (κ2) is 6.87. The van der Waals surface area contributed by atoms with Gasteiger partial charge in [0, 0.05) is 19.7 Å². The smallest absolute Gasteiger partial charge is 0.324 e. The van der Waals surface area contributed by atoms with Gasteiger partial charge in [-0.3, -0.25) is 10.1 Å². The summed E-state index contributed by atoms with van der Waals surface area (Å²) in [6, 6.07) is 0.443. The summed E-state index contributed by atoms with van der Waals surface area (Å²) >= 11 is 0. The summed E-state index contributed by atoms with van der Waals surface area (Å²) in [7, 11) is 3.78. The van der Waals surface area contributed by atoms with E-state index in [9.17, 15) is 9.90 Å². The number of aliphatic carboxylic acids is 1. The van der Waals surface area contributed by atoms with Crippen LogP contribution in [-0.4, -0.2) is 61.4 Å². The Kier molecular flexibility index (Phi) is 5.41. The number of nitrogens with one attached hydrogen (secondary N) is 1. The fraction of sp³-hybridized carbons (Fsp3) is 0.933. The molecule has 2 rings (SSSR count). The molecule has 2 unspecified atom stereocenters. The first-order valence-electron chi connectivity index (χ1n) is 7.77. The van der Waals surface area contributed by atoms with Crippen molar-refractivity contribution < 1.29 is 14.6 Å². The molecule has 0 aromatic rings. The molecule has 5 nitrogen and oxygen atoms in total. The maximum Gasteiger partial charge on any atom is 0.324 e. The van der Waals surface area contributed by atoms with E-state index >= 15 is 0 Å². The van der Waals surface area contributed by atoms with Crippen LogP contribution in [0.2, 0.25) is 0 Å². The number of nitrogens with zero attached hydrogens (tertiary/aromatic N) is 1. The van der Waals surface area contributed by atoms with Gasteiger partial charge in [0.15, 0.2) is 0 Å². The number of likely N-dealkylation sites (N-methyl/N-ethyl adjacent to an activating group) is 1. The maximum absolute atomic E-state index is 11.8. The normalized spacial score (nSPS) is 30.1. The second-order valence-corrected chi connectivity index (χ2v) is 6.37. The predicted octanol–water partition coefficient (Wildman–Crippen LogP) is 1.33. The summed E-state index contributed by atoms with van der Waals surface area (Å²) < 4.78 is 5.08. The maximum atomic E-state index is 11.8. The van der Waals surface area contributed by atoms with E-state index in [-0.39, 0.29) is 5.92 Å². The zero-order valence-corrected chi connectivity index (χ0v) is 12.7. The van der Waals surface area contributed by atoms with Crippen LogP contribution in [0.15, 0.2) is 0 Å². The van der Waals surface area contributed by atoms with Crippen LogP contribution in [0.1, 0.15) is 38.5 Å². The van der Waals surface area contributed by atoms with E-state index < -0.39 is 11.5 Å². The van der Waals surface area contributed by atoms with E-state index in [4.69, 9.17) is 4.74 Å². The van der Waals surface area contributed by atoms with Crippen molar-refractivity contribution in [1.29, 1.82) is 0 Å². The number of carboxylic acids is 1. The fourth-order valence-electron chi connectivity index (χ4n) is 3.33. The fourth-order valence-corrected chi connectivity index (χ4v) is 3.33. The van der Waals surface area contributed by atoms with E-state index in [2.05, 4.69) is 17.3 Å². The monoisotopic (exact) mass is 284 g/mol. The van der Waals surface area contributed by atoms with Crippen molar-refractivity contribution in [3.63, 3.8) is 0 Å². The zero-order valence-electron chi connectivity index (χ0n) is 12.7.